The molecule has 1 aromatic heterocycles. The first kappa shape index (κ1) is 14.4. The Kier molecular flexibility index (Phi) is 5.08. The number of amides is 1. The minimum Gasteiger partial charge on any atom is -0.465 e. The van der Waals surface area contributed by atoms with Crippen molar-refractivity contribution in [3.05, 3.63) is 16.6 Å². The Morgan fingerprint density at radius 1 is 1.61 bits per heavy atom. The highest BCUT2D eigenvalue weighted by molar-refractivity contribution is 7.07. The van der Waals surface area contributed by atoms with Crippen LogP contribution in [0.25, 0.3) is 0 Å². The predicted octanol–water partition coefficient (Wildman–Crippen LogP) is 1.88. The van der Waals surface area contributed by atoms with E-state index in [9.17, 15) is 9.59 Å². The molecule has 0 aliphatic rings. The number of alkyl carbamates (subject to hydrolysis) is 1. The molecular formula is C11H16N2O4S. The quantitative estimate of drug-likeness (QED) is 0.828. The SMILES string of the molecule is CC(C)(C)OC(=O)NC(COC=O)c1cscn1. The molecule has 1 heterocycles. The minimum absolute atomic E-state index is 0.0203. The van der Waals surface area contributed by atoms with Crippen molar-refractivity contribution in [1.29, 1.82) is 0 Å². The maximum absolute atomic E-state index is 11.6. The Bertz CT molecular complexity index is 386. The molecule has 1 N–H and O–H groups in total. The van der Waals surface area contributed by atoms with Crippen LogP contribution in [0.5, 0.6) is 0 Å². The number of aromatic nitrogens is 1. The van der Waals surface area contributed by atoms with Gasteiger partial charge in [0.1, 0.15) is 18.2 Å². The number of carbonyl (C=O) groups is 2. The first-order chi connectivity index (χ1) is 8.42. The minimum atomic E-state index is -0.581. The lowest BCUT2D eigenvalue weighted by Crippen LogP contribution is -2.36. The lowest BCUT2D eigenvalue weighted by molar-refractivity contribution is -0.129. The Morgan fingerprint density at radius 2 is 2.33 bits per heavy atom. The first-order valence-corrected chi connectivity index (χ1v) is 6.29. The first-order valence-electron chi connectivity index (χ1n) is 5.35. The van der Waals surface area contributed by atoms with Crippen LogP contribution in [0.2, 0.25) is 0 Å². The smallest absolute Gasteiger partial charge is 0.408 e. The molecule has 1 rings (SSSR count). The zero-order chi connectivity index (χ0) is 13.6. The van der Waals surface area contributed by atoms with Crippen LogP contribution >= 0.6 is 11.3 Å². The summed E-state index contributed by atoms with van der Waals surface area (Å²) < 4.78 is 9.79. The van der Waals surface area contributed by atoms with Gasteiger partial charge in [-0.3, -0.25) is 4.79 Å². The number of hydrogen-bond acceptors (Lipinski definition) is 6. The van der Waals surface area contributed by atoms with Gasteiger partial charge in [0.2, 0.25) is 0 Å². The van der Waals surface area contributed by atoms with Crippen LogP contribution in [0.1, 0.15) is 32.5 Å². The molecule has 0 radical (unpaired) electrons. The van der Waals surface area contributed by atoms with Crippen molar-refractivity contribution >= 4 is 23.9 Å². The predicted molar refractivity (Wildman–Crippen MR) is 66.2 cm³/mol. The van der Waals surface area contributed by atoms with Crippen molar-refractivity contribution < 1.29 is 19.1 Å². The van der Waals surface area contributed by atoms with E-state index >= 15 is 0 Å². The van der Waals surface area contributed by atoms with Crippen molar-refractivity contribution in [2.24, 2.45) is 0 Å². The highest BCUT2D eigenvalue weighted by atomic mass is 32.1. The second-order valence-electron chi connectivity index (χ2n) is 4.54. The monoisotopic (exact) mass is 272 g/mol. The Labute approximate surface area is 109 Å². The molecule has 0 saturated carbocycles. The number of rotatable bonds is 5. The largest absolute Gasteiger partial charge is 0.465 e. The molecule has 6 nitrogen and oxygen atoms in total. The van der Waals surface area contributed by atoms with Crippen molar-refractivity contribution in [1.82, 2.24) is 10.3 Å². The summed E-state index contributed by atoms with van der Waals surface area (Å²) in [6.07, 6.45) is -0.574. The molecule has 0 saturated heterocycles. The molecule has 0 aromatic carbocycles. The summed E-state index contributed by atoms with van der Waals surface area (Å²) in [6, 6.07) is -0.503. The summed E-state index contributed by atoms with van der Waals surface area (Å²) in [6.45, 7) is 5.66. The third kappa shape index (κ3) is 5.13. The topological polar surface area (TPSA) is 77.5 Å². The van der Waals surface area contributed by atoms with Crippen molar-refractivity contribution in [3.8, 4) is 0 Å². The zero-order valence-corrected chi connectivity index (χ0v) is 11.3. The summed E-state index contributed by atoms with van der Waals surface area (Å²) in [4.78, 5) is 25.9. The van der Waals surface area contributed by atoms with Gasteiger partial charge in [-0.1, -0.05) is 0 Å². The fourth-order valence-corrected chi connectivity index (χ4v) is 1.79. The summed E-state index contributed by atoms with van der Waals surface area (Å²) >= 11 is 1.39. The van der Waals surface area contributed by atoms with E-state index in [1.165, 1.54) is 11.3 Å². The van der Waals surface area contributed by atoms with Crippen LogP contribution in [-0.4, -0.2) is 29.8 Å². The van der Waals surface area contributed by atoms with Gasteiger partial charge in [0.25, 0.3) is 6.47 Å². The van der Waals surface area contributed by atoms with E-state index in [1.54, 1.807) is 31.7 Å². The number of hydrogen-bond donors (Lipinski definition) is 1. The second kappa shape index (κ2) is 6.34. The van der Waals surface area contributed by atoms with Crippen LogP contribution < -0.4 is 5.32 Å². The third-order valence-electron chi connectivity index (χ3n) is 1.83. The van der Waals surface area contributed by atoms with E-state index in [0.29, 0.717) is 12.2 Å². The molecule has 100 valence electrons. The number of nitrogens with zero attached hydrogens (tertiary/aromatic N) is 1. The van der Waals surface area contributed by atoms with E-state index in [-0.39, 0.29) is 6.61 Å². The molecule has 0 bridgehead atoms. The van der Waals surface area contributed by atoms with Gasteiger partial charge in [-0.2, -0.15) is 0 Å². The van der Waals surface area contributed by atoms with Crippen molar-refractivity contribution in [3.63, 3.8) is 0 Å². The van der Waals surface area contributed by atoms with E-state index < -0.39 is 17.7 Å². The van der Waals surface area contributed by atoms with Crippen LogP contribution in [0.15, 0.2) is 10.9 Å². The number of carbonyl (C=O) groups excluding carboxylic acids is 2. The van der Waals surface area contributed by atoms with Gasteiger partial charge in [0, 0.05) is 5.38 Å². The average Bonchev–Trinajstić information content (AvgIpc) is 2.74. The van der Waals surface area contributed by atoms with E-state index in [1.807, 2.05) is 0 Å². The number of ether oxygens (including phenoxy) is 2. The van der Waals surface area contributed by atoms with Crippen LogP contribution in [-0.2, 0) is 14.3 Å². The van der Waals surface area contributed by atoms with Gasteiger partial charge in [-0.15, -0.1) is 11.3 Å². The summed E-state index contributed by atoms with van der Waals surface area (Å²) in [5.41, 5.74) is 1.69. The van der Waals surface area contributed by atoms with E-state index in [0.717, 1.165) is 0 Å². The standard InChI is InChI=1S/C11H16N2O4S/c1-11(2,3)17-10(15)13-8(4-16-7-14)9-5-18-6-12-9/h5-8H,4H2,1-3H3,(H,13,15). The number of thiazole rings is 1. The van der Waals surface area contributed by atoms with Crippen LogP contribution in [0.4, 0.5) is 4.79 Å². The van der Waals surface area contributed by atoms with Gasteiger partial charge in [0.05, 0.1) is 11.2 Å². The fourth-order valence-electron chi connectivity index (χ4n) is 1.18. The summed E-state index contributed by atoms with van der Waals surface area (Å²) in [5, 5.41) is 4.38. The molecule has 0 aliphatic heterocycles. The maximum atomic E-state index is 11.6. The molecular weight excluding hydrogens is 256 g/mol. The summed E-state index contributed by atoms with van der Waals surface area (Å²) in [5.74, 6) is 0. The Morgan fingerprint density at radius 3 is 2.83 bits per heavy atom. The molecule has 7 heteroatoms. The molecule has 1 amide bonds. The normalized spacial score (nSPS) is 12.6. The van der Waals surface area contributed by atoms with E-state index in [2.05, 4.69) is 15.0 Å². The van der Waals surface area contributed by atoms with Crippen molar-refractivity contribution in [2.75, 3.05) is 6.61 Å². The molecule has 1 aromatic rings. The maximum Gasteiger partial charge on any atom is 0.408 e. The van der Waals surface area contributed by atoms with Gasteiger partial charge in [-0.25, -0.2) is 9.78 Å². The second-order valence-corrected chi connectivity index (χ2v) is 5.26. The number of nitrogens with one attached hydrogen (secondary N) is 1. The van der Waals surface area contributed by atoms with Gasteiger partial charge in [-0.05, 0) is 20.8 Å². The van der Waals surface area contributed by atoms with E-state index in [4.69, 9.17) is 4.74 Å². The highest BCUT2D eigenvalue weighted by Crippen LogP contribution is 2.15. The zero-order valence-electron chi connectivity index (χ0n) is 10.5. The molecule has 0 spiro atoms. The third-order valence-corrected chi connectivity index (χ3v) is 2.44. The Hall–Kier alpha value is -1.63. The average molecular weight is 272 g/mol. The molecule has 1 atom stereocenters. The summed E-state index contributed by atoms with van der Waals surface area (Å²) in [7, 11) is 0. The molecule has 1 unspecified atom stereocenters. The fraction of sp³-hybridized carbons (Fsp3) is 0.545. The highest BCUT2D eigenvalue weighted by Gasteiger charge is 2.21. The molecule has 18 heavy (non-hydrogen) atoms. The lowest BCUT2D eigenvalue weighted by Gasteiger charge is -2.22. The van der Waals surface area contributed by atoms with Gasteiger partial charge < -0.3 is 14.8 Å². The van der Waals surface area contributed by atoms with Crippen LogP contribution in [0, 0.1) is 0 Å². The van der Waals surface area contributed by atoms with Crippen molar-refractivity contribution in [2.45, 2.75) is 32.4 Å². The molecule has 0 fully saturated rings. The molecule has 0 aliphatic carbocycles. The van der Waals surface area contributed by atoms with Gasteiger partial charge >= 0.3 is 6.09 Å². The van der Waals surface area contributed by atoms with Gasteiger partial charge in [0.15, 0.2) is 0 Å². The Balaban J connectivity index is 2.61. The lowest BCUT2D eigenvalue weighted by atomic mass is 10.2. The van der Waals surface area contributed by atoms with Crippen LogP contribution in [0.3, 0.4) is 0 Å².